The summed E-state index contributed by atoms with van der Waals surface area (Å²) in [6, 6.07) is 67.3. The highest BCUT2D eigenvalue weighted by Crippen LogP contribution is 2.41. The monoisotopic (exact) mass is 716 g/mol. The van der Waals surface area contributed by atoms with Gasteiger partial charge in [-0.2, -0.15) is 0 Å². The molecule has 8 aromatic carbocycles. The molecular formula is C51H32N4O. The SMILES string of the molecule is c1ccc(-c2nc(-c3ccc4c(c3)oc3c(-c5ccccc5)cc(-n5c6ccccc6c6ccccc65)cc34)nc(-c3ccccc3-c3ccccc3)n2)cc1. The summed E-state index contributed by atoms with van der Waals surface area (Å²) in [6.45, 7) is 0. The Morgan fingerprint density at radius 2 is 0.857 bits per heavy atom. The average Bonchev–Trinajstić information content (AvgIpc) is 3.82. The Bertz CT molecular complexity index is 3190. The maximum Gasteiger partial charge on any atom is 0.164 e. The van der Waals surface area contributed by atoms with Crippen LogP contribution in [-0.4, -0.2) is 19.5 Å². The number of nitrogens with zero attached hydrogens (tertiary/aromatic N) is 4. The summed E-state index contributed by atoms with van der Waals surface area (Å²) in [7, 11) is 0. The third-order valence-corrected chi connectivity index (χ3v) is 10.7. The summed E-state index contributed by atoms with van der Waals surface area (Å²) >= 11 is 0. The van der Waals surface area contributed by atoms with E-state index < -0.39 is 0 Å². The Kier molecular flexibility index (Phi) is 7.42. The van der Waals surface area contributed by atoms with E-state index in [0.717, 1.165) is 77.6 Å². The van der Waals surface area contributed by atoms with Gasteiger partial charge in [0, 0.05) is 49.5 Å². The lowest BCUT2D eigenvalue weighted by atomic mass is 9.99. The maximum atomic E-state index is 6.87. The summed E-state index contributed by atoms with van der Waals surface area (Å²) in [5.74, 6) is 1.80. The van der Waals surface area contributed by atoms with Gasteiger partial charge >= 0.3 is 0 Å². The third-order valence-electron chi connectivity index (χ3n) is 10.7. The molecule has 0 saturated heterocycles. The van der Waals surface area contributed by atoms with Crippen LogP contribution >= 0.6 is 0 Å². The van der Waals surface area contributed by atoms with Gasteiger partial charge in [-0.05, 0) is 53.1 Å². The molecule has 0 aliphatic heterocycles. The number of benzene rings is 8. The van der Waals surface area contributed by atoms with Crippen LogP contribution in [0.1, 0.15) is 0 Å². The van der Waals surface area contributed by atoms with Gasteiger partial charge in [-0.25, -0.2) is 15.0 Å². The van der Waals surface area contributed by atoms with Gasteiger partial charge in [-0.1, -0.05) is 158 Å². The van der Waals surface area contributed by atoms with Crippen molar-refractivity contribution in [2.45, 2.75) is 0 Å². The number of furan rings is 1. The first-order valence-electron chi connectivity index (χ1n) is 18.8. The lowest BCUT2D eigenvalue weighted by Gasteiger charge is -2.12. The van der Waals surface area contributed by atoms with Crippen LogP contribution in [0.4, 0.5) is 0 Å². The molecule has 262 valence electrons. The first kappa shape index (κ1) is 31.9. The number of hydrogen-bond donors (Lipinski definition) is 0. The Labute approximate surface area is 322 Å². The number of aromatic nitrogens is 4. The Morgan fingerprint density at radius 3 is 1.52 bits per heavy atom. The fourth-order valence-electron chi connectivity index (χ4n) is 8.05. The van der Waals surface area contributed by atoms with Gasteiger partial charge in [0.25, 0.3) is 0 Å². The van der Waals surface area contributed by atoms with E-state index in [0.29, 0.717) is 17.5 Å². The smallest absolute Gasteiger partial charge is 0.164 e. The van der Waals surface area contributed by atoms with Gasteiger partial charge in [0.1, 0.15) is 11.2 Å². The van der Waals surface area contributed by atoms with Crippen molar-refractivity contribution < 1.29 is 4.42 Å². The molecule has 0 aliphatic carbocycles. The van der Waals surface area contributed by atoms with Gasteiger partial charge in [0.15, 0.2) is 17.5 Å². The summed E-state index contributed by atoms with van der Waals surface area (Å²) in [4.78, 5) is 15.3. The molecule has 5 heteroatoms. The average molecular weight is 717 g/mol. The van der Waals surface area contributed by atoms with Crippen LogP contribution in [0.5, 0.6) is 0 Å². The highest BCUT2D eigenvalue weighted by Gasteiger charge is 2.20. The van der Waals surface area contributed by atoms with Gasteiger partial charge in [0.2, 0.25) is 0 Å². The zero-order chi connectivity index (χ0) is 37.0. The van der Waals surface area contributed by atoms with Crippen LogP contribution in [0, 0.1) is 0 Å². The molecule has 0 fully saturated rings. The molecule has 0 N–H and O–H groups in total. The molecule has 0 spiro atoms. The number of hydrogen-bond acceptors (Lipinski definition) is 4. The van der Waals surface area contributed by atoms with E-state index in [1.165, 1.54) is 10.8 Å². The largest absolute Gasteiger partial charge is 0.455 e. The number of para-hydroxylation sites is 2. The van der Waals surface area contributed by atoms with Crippen molar-refractivity contribution in [1.29, 1.82) is 0 Å². The van der Waals surface area contributed by atoms with Crippen LogP contribution in [0.2, 0.25) is 0 Å². The van der Waals surface area contributed by atoms with Crippen molar-refractivity contribution >= 4 is 43.7 Å². The zero-order valence-electron chi connectivity index (χ0n) is 30.2. The van der Waals surface area contributed by atoms with Gasteiger partial charge in [-0.15, -0.1) is 0 Å². The molecule has 0 atom stereocenters. The minimum atomic E-state index is 0.577. The minimum Gasteiger partial charge on any atom is -0.455 e. The lowest BCUT2D eigenvalue weighted by Crippen LogP contribution is -2.01. The van der Waals surface area contributed by atoms with Gasteiger partial charge < -0.3 is 8.98 Å². The fraction of sp³-hybridized carbons (Fsp3) is 0. The van der Waals surface area contributed by atoms with Crippen molar-refractivity contribution in [3.8, 4) is 62.1 Å². The topological polar surface area (TPSA) is 56.7 Å². The molecule has 56 heavy (non-hydrogen) atoms. The first-order chi connectivity index (χ1) is 27.8. The Balaban J connectivity index is 1.13. The van der Waals surface area contributed by atoms with E-state index in [-0.39, 0.29) is 0 Å². The van der Waals surface area contributed by atoms with Crippen molar-refractivity contribution in [2.24, 2.45) is 0 Å². The molecule has 11 aromatic rings. The van der Waals surface area contributed by atoms with Crippen LogP contribution in [0.3, 0.4) is 0 Å². The van der Waals surface area contributed by atoms with Gasteiger partial charge in [0.05, 0.1) is 11.0 Å². The van der Waals surface area contributed by atoms with E-state index in [9.17, 15) is 0 Å². The Morgan fingerprint density at radius 1 is 0.339 bits per heavy atom. The summed E-state index contributed by atoms with van der Waals surface area (Å²) in [6.07, 6.45) is 0. The molecular weight excluding hydrogens is 685 g/mol. The molecule has 3 heterocycles. The molecule has 3 aromatic heterocycles. The summed E-state index contributed by atoms with van der Waals surface area (Å²) < 4.78 is 9.24. The molecule has 0 aliphatic rings. The second kappa shape index (κ2) is 13.0. The maximum absolute atomic E-state index is 6.87. The van der Waals surface area contributed by atoms with E-state index >= 15 is 0 Å². The molecule has 11 rings (SSSR count). The second-order valence-electron chi connectivity index (χ2n) is 14.0. The fourth-order valence-corrected chi connectivity index (χ4v) is 8.05. The molecule has 0 saturated carbocycles. The van der Waals surface area contributed by atoms with Crippen molar-refractivity contribution in [3.05, 3.63) is 194 Å². The van der Waals surface area contributed by atoms with E-state index in [2.05, 4.69) is 150 Å². The second-order valence-corrected chi connectivity index (χ2v) is 14.0. The predicted molar refractivity (Wildman–Crippen MR) is 229 cm³/mol. The van der Waals surface area contributed by atoms with Crippen LogP contribution in [-0.2, 0) is 0 Å². The van der Waals surface area contributed by atoms with Crippen LogP contribution < -0.4 is 0 Å². The molecule has 5 nitrogen and oxygen atoms in total. The molecule has 0 unspecified atom stereocenters. The first-order valence-corrected chi connectivity index (χ1v) is 18.8. The summed E-state index contributed by atoms with van der Waals surface area (Å²) in [5.41, 5.74) is 12.0. The van der Waals surface area contributed by atoms with E-state index in [1.807, 2.05) is 48.5 Å². The number of fused-ring (bicyclic) bond motifs is 6. The van der Waals surface area contributed by atoms with Crippen LogP contribution in [0.25, 0.3) is 106 Å². The normalized spacial score (nSPS) is 11.6. The highest BCUT2D eigenvalue weighted by atomic mass is 16.3. The highest BCUT2D eigenvalue weighted by molar-refractivity contribution is 6.13. The predicted octanol–water partition coefficient (Wildman–Crippen LogP) is 13.2. The van der Waals surface area contributed by atoms with Crippen LogP contribution in [0.15, 0.2) is 199 Å². The lowest BCUT2D eigenvalue weighted by molar-refractivity contribution is 0.670. The van der Waals surface area contributed by atoms with E-state index in [1.54, 1.807) is 0 Å². The van der Waals surface area contributed by atoms with E-state index in [4.69, 9.17) is 19.4 Å². The zero-order valence-corrected chi connectivity index (χ0v) is 30.2. The summed E-state index contributed by atoms with van der Waals surface area (Å²) in [5, 5.41) is 4.52. The Hall–Kier alpha value is -7.63. The molecule has 0 amide bonds. The van der Waals surface area contributed by atoms with Crippen molar-refractivity contribution in [2.75, 3.05) is 0 Å². The molecule has 0 radical (unpaired) electrons. The minimum absolute atomic E-state index is 0.577. The number of rotatable bonds is 6. The standard InChI is InChI=1S/C51H32N4O/c1-4-16-33(17-5-1)38-22-10-11-25-42(38)51-53-49(35-20-8-3-9-21-35)52-50(54-51)36-28-29-41-44-32-37(31-43(34-18-6-2-7-19-34)48(44)56-47(41)30-36)55-45-26-14-12-23-39(45)40-24-13-15-27-46(40)55/h1-32H. The van der Waals surface area contributed by atoms with Gasteiger partial charge in [-0.3, -0.25) is 0 Å². The van der Waals surface area contributed by atoms with Crippen molar-refractivity contribution in [1.82, 2.24) is 19.5 Å². The quantitative estimate of drug-likeness (QED) is 0.172. The third kappa shape index (κ3) is 5.29. The molecule has 0 bridgehead atoms. The van der Waals surface area contributed by atoms with Crippen molar-refractivity contribution in [3.63, 3.8) is 0 Å².